The predicted molar refractivity (Wildman–Crippen MR) is 97.0 cm³/mol. The molecule has 1 nitrogen and oxygen atoms in total. The van der Waals surface area contributed by atoms with Crippen molar-refractivity contribution < 1.29 is 4.43 Å². The summed E-state index contributed by atoms with van der Waals surface area (Å²) in [5.74, 6) is 2.94. The van der Waals surface area contributed by atoms with Gasteiger partial charge in [-0.1, -0.05) is 55.4 Å². The average molecular weight is 311 g/mol. The van der Waals surface area contributed by atoms with Gasteiger partial charge in [-0.25, -0.2) is 0 Å². The lowest BCUT2D eigenvalue weighted by Gasteiger charge is -2.44. The van der Waals surface area contributed by atoms with Crippen molar-refractivity contribution in [3.63, 3.8) is 0 Å². The summed E-state index contributed by atoms with van der Waals surface area (Å²) in [6, 6.07) is 0. The van der Waals surface area contributed by atoms with Gasteiger partial charge in [0.25, 0.3) is 8.32 Å². The molecular weight excluding hydrogens is 272 g/mol. The molecule has 0 unspecified atom stereocenters. The van der Waals surface area contributed by atoms with Crippen molar-refractivity contribution in [3.8, 4) is 0 Å². The maximum absolute atomic E-state index is 6.97. The quantitative estimate of drug-likeness (QED) is 0.484. The fraction of sp³-hybridized carbons (Fsp3) is 0.895. The first kappa shape index (κ1) is 18.8. The summed E-state index contributed by atoms with van der Waals surface area (Å²) in [6.45, 7) is 21.3. The molecule has 0 saturated carbocycles. The van der Waals surface area contributed by atoms with Gasteiger partial charge >= 0.3 is 0 Å². The van der Waals surface area contributed by atoms with Crippen LogP contribution in [0.25, 0.3) is 0 Å². The molecule has 0 aromatic carbocycles. The Morgan fingerprint density at radius 2 is 1.38 bits per heavy atom. The van der Waals surface area contributed by atoms with Crippen molar-refractivity contribution >= 4 is 8.32 Å². The lowest BCUT2D eigenvalue weighted by atomic mass is 9.82. The van der Waals surface area contributed by atoms with Gasteiger partial charge in [0.05, 0.1) is 5.76 Å². The Hall–Kier alpha value is -0.243. The molecule has 0 radical (unpaired) electrons. The minimum atomic E-state index is -1.78. The summed E-state index contributed by atoms with van der Waals surface area (Å²) >= 11 is 0. The lowest BCUT2D eigenvalue weighted by molar-refractivity contribution is 0.260. The smallest absolute Gasteiger partial charge is 0.258 e. The van der Waals surface area contributed by atoms with Gasteiger partial charge in [0.1, 0.15) is 0 Å². The highest BCUT2D eigenvalue weighted by molar-refractivity contribution is 6.77. The van der Waals surface area contributed by atoms with Gasteiger partial charge in [-0.05, 0) is 53.8 Å². The Labute approximate surface area is 134 Å². The van der Waals surface area contributed by atoms with Crippen molar-refractivity contribution in [2.24, 2.45) is 11.8 Å². The lowest BCUT2D eigenvalue weighted by Crippen LogP contribution is -2.48. The van der Waals surface area contributed by atoms with Gasteiger partial charge in [-0.3, -0.25) is 0 Å². The molecule has 1 rings (SSSR count). The first-order chi connectivity index (χ1) is 9.62. The molecule has 2 heteroatoms. The monoisotopic (exact) mass is 310 g/mol. The van der Waals surface area contributed by atoms with E-state index >= 15 is 0 Å². The van der Waals surface area contributed by atoms with Crippen LogP contribution >= 0.6 is 0 Å². The standard InChI is InChI=1S/C19H38OSi/c1-13(2)18-11-10-17(9)19(12-18)20-21(14(3)4,15(5)6)16(7)8/h13-16,18H,10-12H2,1-9H3/t18-/m1/s1. The number of rotatable bonds is 6. The molecule has 0 N–H and O–H groups in total. The molecule has 0 bridgehead atoms. The van der Waals surface area contributed by atoms with Crippen LogP contribution in [-0.4, -0.2) is 8.32 Å². The molecule has 0 spiro atoms. The number of allylic oxidation sites excluding steroid dienone is 2. The molecule has 1 atom stereocenters. The zero-order valence-corrected chi connectivity index (χ0v) is 16.9. The maximum atomic E-state index is 6.97. The summed E-state index contributed by atoms with van der Waals surface area (Å²) in [6.07, 6.45) is 3.75. The fourth-order valence-electron chi connectivity index (χ4n) is 4.32. The van der Waals surface area contributed by atoms with Crippen molar-refractivity contribution in [1.29, 1.82) is 0 Å². The Morgan fingerprint density at radius 3 is 1.76 bits per heavy atom. The molecule has 0 aromatic rings. The molecule has 0 aromatic heterocycles. The molecule has 0 fully saturated rings. The van der Waals surface area contributed by atoms with E-state index in [-0.39, 0.29) is 0 Å². The zero-order chi connectivity index (χ0) is 16.4. The third-order valence-electron chi connectivity index (χ3n) is 5.76. The topological polar surface area (TPSA) is 9.23 Å². The zero-order valence-electron chi connectivity index (χ0n) is 15.9. The SMILES string of the molecule is CC1=C(O[Si](C(C)C)(C(C)C)C(C)C)C[C@H](C(C)C)CC1. The second-order valence-corrected chi connectivity index (χ2v) is 13.7. The van der Waals surface area contributed by atoms with Gasteiger partial charge in [0.2, 0.25) is 0 Å². The largest absolute Gasteiger partial charge is 0.546 e. The van der Waals surface area contributed by atoms with Crippen LogP contribution in [0, 0.1) is 11.8 Å². The molecule has 124 valence electrons. The molecule has 0 aliphatic heterocycles. The van der Waals surface area contributed by atoms with Crippen molar-refractivity contribution in [3.05, 3.63) is 11.3 Å². The van der Waals surface area contributed by atoms with E-state index in [0.29, 0.717) is 16.6 Å². The van der Waals surface area contributed by atoms with Crippen molar-refractivity contribution in [2.75, 3.05) is 0 Å². The van der Waals surface area contributed by atoms with Gasteiger partial charge in [-0.15, -0.1) is 0 Å². The van der Waals surface area contributed by atoms with E-state index in [1.54, 1.807) is 0 Å². The minimum absolute atomic E-state index is 0.664. The van der Waals surface area contributed by atoms with Crippen LogP contribution in [0.1, 0.15) is 81.6 Å². The van der Waals surface area contributed by atoms with Crippen LogP contribution in [0.2, 0.25) is 16.6 Å². The van der Waals surface area contributed by atoms with E-state index in [9.17, 15) is 0 Å². The molecule has 0 heterocycles. The summed E-state index contributed by atoms with van der Waals surface area (Å²) in [7, 11) is -1.78. The second kappa shape index (κ2) is 7.35. The molecule has 0 saturated heterocycles. The molecule has 1 aliphatic rings. The van der Waals surface area contributed by atoms with E-state index in [1.807, 2.05) is 0 Å². The third kappa shape index (κ3) is 3.94. The first-order valence-electron chi connectivity index (χ1n) is 9.00. The van der Waals surface area contributed by atoms with E-state index in [4.69, 9.17) is 4.43 Å². The summed E-state index contributed by atoms with van der Waals surface area (Å²) in [4.78, 5) is 0. The van der Waals surface area contributed by atoms with Gasteiger partial charge in [-0.2, -0.15) is 0 Å². The fourth-order valence-corrected chi connectivity index (χ4v) is 9.71. The second-order valence-electron chi connectivity index (χ2n) is 8.37. The highest BCUT2D eigenvalue weighted by atomic mass is 28.4. The van der Waals surface area contributed by atoms with E-state index in [1.165, 1.54) is 30.6 Å². The molecule has 1 aliphatic carbocycles. The van der Waals surface area contributed by atoms with Crippen LogP contribution in [-0.2, 0) is 4.43 Å². The number of hydrogen-bond donors (Lipinski definition) is 0. The molecule has 21 heavy (non-hydrogen) atoms. The van der Waals surface area contributed by atoms with Crippen molar-refractivity contribution in [1.82, 2.24) is 0 Å². The Kier molecular flexibility index (Phi) is 6.58. The first-order valence-corrected chi connectivity index (χ1v) is 11.1. The van der Waals surface area contributed by atoms with E-state index in [0.717, 1.165) is 11.8 Å². The maximum Gasteiger partial charge on any atom is 0.258 e. The normalized spacial score (nSPS) is 21.1. The Balaban J connectivity index is 3.08. The summed E-state index contributed by atoms with van der Waals surface area (Å²) in [5, 5.41) is 0. The van der Waals surface area contributed by atoms with Crippen LogP contribution in [0.4, 0.5) is 0 Å². The highest BCUT2D eigenvalue weighted by Gasteiger charge is 2.47. The Morgan fingerprint density at radius 1 is 0.905 bits per heavy atom. The van der Waals surface area contributed by atoms with Gasteiger partial charge < -0.3 is 4.43 Å². The van der Waals surface area contributed by atoms with Crippen LogP contribution in [0.15, 0.2) is 11.3 Å². The van der Waals surface area contributed by atoms with Crippen LogP contribution in [0.3, 0.4) is 0 Å². The van der Waals surface area contributed by atoms with E-state index < -0.39 is 8.32 Å². The van der Waals surface area contributed by atoms with Gasteiger partial charge in [0, 0.05) is 6.42 Å². The predicted octanol–water partition coefficient (Wildman–Crippen LogP) is 6.91. The number of hydrogen-bond acceptors (Lipinski definition) is 1. The minimum Gasteiger partial charge on any atom is -0.546 e. The van der Waals surface area contributed by atoms with Crippen molar-refractivity contribution in [2.45, 2.75) is 98.2 Å². The summed E-state index contributed by atoms with van der Waals surface area (Å²) in [5.41, 5.74) is 3.51. The van der Waals surface area contributed by atoms with Crippen LogP contribution < -0.4 is 0 Å². The molecular formula is C19H38OSi. The van der Waals surface area contributed by atoms with E-state index in [2.05, 4.69) is 62.3 Å². The van der Waals surface area contributed by atoms with Crippen LogP contribution in [0.5, 0.6) is 0 Å². The average Bonchev–Trinajstić information content (AvgIpc) is 2.35. The van der Waals surface area contributed by atoms with Gasteiger partial charge in [0.15, 0.2) is 0 Å². The Bertz CT molecular complexity index is 344. The molecule has 0 amide bonds. The third-order valence-corrected chi connectivity index (χ3v) is 11.8. The summed E-state index contributed by atoms with van der Waals surface area (Å²) < 4.78 is 6.97. The highest BCUT2D eigenvalue weighted by Crippen LogP contribution is 2.46.